The van der Waals surface area contributed by atoms with Crippen molar-refractivity contribution >= 4 is 28.2 Å². The summed E-state index contributed by atoms with van der Waals surface area (Å²) in [6, 6.07) is 4.55. The van der Waals surface area contributed by atoms with E-state index in [1.165, 1.54) is 16.7 Å². The highest BCUT2D eigenvalue weighted by Gasteiger charge is 2.25. The van der Waals surface area contributed by atoms with E-state index in [0.29, 0.717) is 19.5 Å². The standard InChI is InChI=1S/C21H20F2N4O4/c22-14-3-10(9-28)17(5-16(14)25)27-8-13(21(30)31)20(29)12-4-15(23)19(6-18(12)27)26-2-1-11(24)7-26/h3-6,8,11,28H,1-2,7,9,24-25H2,(H,30,31). The molecule has 0 aliphatic carbocycles. The van der Waals surface area contributed by atoms with Gasteiger partial charge in [0.25, 0.3) is 0 Å². The molecule has 1 unspecified atom stereocenters. The Hall–Kier alpha value is -3.50. The summed E-state index contributed by atoms with van der Waals surface area (Å²) in [6.07, 6.45) is 1.74. The van der Waals surface area contributed by atoms with Crippen molar-refractivity contribution in [3.63, 3.8) is 0 Å². The van der Waals surface area contributed by atoms with Gasteiger partial charge in [0.1, 0.15) is 17.2 Å². The maximum atomic E-state index is 14.9. The van der Waals surface area contributed by atoms with E-state index in [1.54, 1.807) is 4.90 Å². The Kier molecular flexibility index (Phi) is 5.11. The van der Waals surface area contributed by atoms with Gasteiger partial charge in [-0.05, 0) is 30.7 Å². The summed E-state index contributed by atoms with van der Waals surface area (Å²) in [5.74, 6) is -2.94. The van der Waals surface area contributed by atoms with Gasteiger partial charge in [0, 0.05) is 36.3 Å². The first kappa shape index (κ1) is 20.8. The van der Waals surface area contributed by atoms with Gasteiger partial charge < -0.3 is 31.1 Å². The summed E-state index contributed by atoms with van der Waals surface area (Å²) in [7, 11) is 0. The first-order chi connectivity index (χ1) is 14.7. The maximum absolute atomic E-state index is 14.9. The van der Waals surface area contributed by atoms with Crippen molar-refractivity contribution in [1.82, 2.24) is 4.57 Å². The second-order valence-electron chi connectivity index (χ2n) is 7.52. The van der Waals surface area contributed by atoms with Gasteiger partial charge in [0.15, 0.2) is 0 Å². The third-order valence-corrected chi connectivity index (χ3v) is 5.50. The number of aromatic nitrogens is 1. The third kappa shape index (κ3) is 3.49. The van der Waals surface area contributed by atoms with Crippen molar-refractivity contribution in [3.8, 4) is 5.69 Å². The molecule has 31 heavy (non-hydrogen) atoms. The van der Waals surface area contributed by atoms with E-state index in [1.807, 2.05) is 0 Å². The summed E-state index contributed by atoms with van der Waals surface area (Å²) < 4.78 is 30.2. The number of nitrogens with two attached hydrogens (primary N) is 2. The number of benzene rings is 2. The van der Waals surface area contributed by atoms with Gasteiger partial charge in [-0.25, -0.2) is 13.6 Å². The molecule has 1 atom stereocenters. The fraction of sp³-hybridized carbons (Fsp3) is 0.238. The Labute approximate surface area is 174 Å². The fourth-order valence-electron chi connectivity index (χ4n) is 3.90. The number of fused-ring (bicyclic) bond motifs is 1. The van der Waals surface area contributed by atoms with Crippen LogP contribution in [0.2, 0.25) is 0 Å². The normalized spacial score (nSPS) is 16.3. The molecule has 0 bridgehead atoms. The Morgan fingerprint density at radius 1 is 1.16 bits per heavy atom. The van der Waals surface area contributed by atoms with Crippen LogP contribution in [0, 0.1) is 11.6 Å². The number of hydrogen-bond acceptors (Lipinski definition) is 6. The second-order valence-corrected chi connectivity index (χ2v) is 7.52. The van der Waals surface area contributed by atoms with Crippen molar-refractivity contribution in [1.29, 1.82) is 0 Å². The zero-order valence-electron chi connectivity index (χ0n) is 16.3. The van der Waals surface area contributed by atoms with Crippen LogP contribution < -0.4 is 21.8 Å². The van der Waals surface area contributed by atoms with Crippen molar-refractivity contribution < 1.29 is 23.8 Å². The number of aromatic carboxylic acids is 1. The first-order valence-corrected chi connectivity index (χ1v) is 9.53. The summed E-state index contributed by atoms with van der Waals surface area (Å²) >= 11 is 0. The third-order valence-electron chi connectivity index (χ3n) is 5.50. The van der Waals surface area contributed by atoms with Crippen LogP contribution in [0.5, 0.6) is 0 Å². The van der Waals surface area contributed by atoms with Crippen molar-refractivity contribution in [2.45, 2.75) is 19.1 Å². The van der Waals surface area contributed by atoms with Gasteiger partial charge in [-0.1, -0.05) is 0 Å². The van der Waals surface area contributed by atoms with Crippen LogP contribution in [0.3, 0.4) is 0 Å². The SMILES string of the molecule is Nc1cc(-n2cc(C(=O)O)c(=O)c3cc(F)c(N4CCC(N)C4)cc32)c(CO)cc1F. The molecule has 8 nitrogen and oxygen atoms in total. The molecule has 4 rings (SSSR count). The number of aliphatic hydroxyl groups excluding tert-OH is 1. The molecular formula is C21H20F2N4O4. The molecule has 1 aliphatic heterocycles. The lowest BCUT2D eigenvalue weighted by Gasteiger charge is -2.22. The van der Waals surface area contributed by atoms with E-state index in [-0.39, 0.29) is 39.6 Å². The predicted octanol–water partition coefficient (Wildman–Crippen LogP) is 1.58. The van der Waals surface area contributed by atoms with Gasteiger partial charge in [-0.3, -0.25) is 4.79 Å². The Morgan fingerprint density at radius 3 is 2.52 bits per heavy atom. The van der Waals surface area contributed by atoms with E-state index in [4.69, 9.17) is 11.5 Å². The molecule has 0 saturated carbocycles. The molecule has 2 aromatic carbocycles. The molecule has 1 saturated heterocycles. The highest BCUT2D eigenvalue weighted by molar-refractivity contribution is 5.94. The molecule has 1 aromatic heterocycles. The molecule has 6 N–H and O–H groups in total. The maximum Gasteiger partial charge on any atom is 0.341 e. The number of nitrogens with zero attached hydrogens (tertiary/aromatic N) is 2. The van der Waals surface area contributed by atoms with Crippen LogP contribution in [0.25, 0.3) is 16.6 Å². The first-order valence-electron chi connectivity index (χ1n) is 9.53. The van der Waals surface area contributed by atoms with E-state index >= 15 is 0 Å². The molecule has 10 heteroatoms. The Bertz CT molecular complexity index is 1270. The minimum Gasteiger partial charge on any atom is -0.477 e. The number of rotatable bonds is 4. The van der Waals surface area contributed by atoms with Crippen LogP contribution >= 0.6 is 0 Å². The largest absolute Gasteiger partial charge is 0.477 e. The molecule has 1 fully saturated rings. The summed E-state index contributed by atoms with van der Waals surface area (Å²) in [6.45, 7) is 0.370. The molecule has 2 heterocycles. The molecular weight excluding hydrogens is 410 g/mol. The number of hydrogen-bond donors (Lipinski definition) is 4. The number of pyridine rings is 1. The number of halogens is 2. The fourth-order valence-corrected chi connectivity index (χ4v) is 3.90. The zero-order valence-corrected chi connectivity index (χ0v) is 16.3. The summed E-state index contributed by atoms with van der Waals surface area (Å²) in [5, 5.41) is 19.0. The lowest BCUT2D eigenvalue weighted by molar-refractivity contribution is 0.0695. The number of carbonyl (C=O) groups is 1. The molecule has 0 spiro atoms. The minimum absolute atomic E-state index is 0.113. The predicted molar refractivity (Wildman–Crippen MR) is 112 cm³/mol. The van der Waals surface area contributed by atoms with Crippen LogP contribution in [0.1, 0.15) is 22.3 Å². The highest BCUT2D eigenvalue weighted by Crippen LogP contribution is 2.31. The van der Waals surface area contributed by atoms with Crippen LogP contribution in [0.4, 0.5) is 20.2 Å². The number of aliphatic hydroxyl groups is 1. The van der Waals surface area contributed by atoms with Gasteiger partial charge >= 0.3 is 5.97 Å². The number of carboxylic acids is 1. The van der Waals surface area contributed by atoms with Gasteiger partial charge in [0.05, 0.1) is 29.2 Å². The van der Waals surface area contributed by atoms with E-state index in [9.17, 15) is 28.6 Å². The molecule has 0 radical (unpaired) electrons. The highest BCUT2D eigenvalue weighted by atomic mass is 19.1. The lowest BCUT2D eigenvalue weighted by Crippen LogP contribution is -2.27. The number of nitrogen functional groups attached to an aromatic ring is 1. The van der Waals surface area contributed by atoms with Crippen molar-refractivity contribution in [3.05, 3.63) is 63.4 Å². The average Bonchev–Trinajstić information content (AvgIpc) is 3.16. The van der Waals surface area contributed by atoms with Crippen LogP contribution in [-0.2, 0) is 6.61 Å². The van der Waals surface area contributed by atoms with Crippen LogP contribution in [0.15, 0.2) is 35.3 Å². The number of carboxylic acid groups (broad SMARTS) is 1. The number of anilines is 2. The lowest BCUT2D eigenvalue weighted by atomic mass is 10.1. The summed E-state index contributed by atoms with van der Waals surface area (Å²) in [4.78, 5) is 26.1. The quantitative estimate of drug-likeness (QED) is 0.462. The van der Waals surface area contributed by atoms with Gasteiger partial charge in [0.2, 0.25) is 5.43 Å². The summed E-state index contributed by atoms with van der Waals surface area (Å²) in [5.41, 5.74) is 10.6. The monoisotopic (exact) mass is 430 g/mol. The molecule has 162 valence electrons. The molecule has 1 aliphatic rings. The van der Waals surface area contributed by atoms with E-state index < -0.39 is 35.2 Å². The van der Waals surface area contributed by atoms with Crippen molar-refractivity contribution in [2.24, 2.45) is 5.73 Å². The van der Waals surface area contributed by atoms with E-state index in [0.717, 1.165) is 18.3 Å². The second kappa shape index (κ2) is 7.64. The molecule has 0 amide bonds. The van der Waals surface area contributed by atoms with Gasteiger partial charge in [-0.2, -0.15) is 0 Å². The smallest absolute Gasteiger partial charge is 0.341 e. The van der Waals surface area contributed by atoms with E-state index in [2.05, 4.69) is 0 Å². The zero-order chi connectivity index (χ0) is 22.4. The van der Waals surface area contributed by atoms with Crippen molar-refractivity contribution in [2.75, 3.05) is 23.7 Å². The Morgan fingerprint density at radius 2 is 1.90 bits per heavy atom. The molecule has 3 aromatic rings. The topological polar surface area (TPSA) is 135 Å². The van der Waals surface area contributed by atoms with Crippen LogP contribution in [-0.4, -0.2) is 39.9 Å². The minimum atomic E-state index is -1.50. The average molecular weight is 430 g/mol. The van der Waals surface area contributed by atoms with Gasteiger partial charge in [-0.15, -0.1) is 0 Å². The Balaban J connectivity index is 2.08.